The lowest BCUT2D eigenvalue weighted by Crippen LogP contribution is -2.38. The van der Waals surface area contributed by atoms with Gasteiger partial charge in [0.2, 0.25) is 6.43 Å². The summed E-state index contributed by atoms with van der Waals surface area (Å²) in [6.07, 6.45) is 10.9. The van der Waals surface area contributed by atoms with E-state index in [-0.39, 0.29) is 0 Å². The van der Waals surface area contributed by atoms with Crippen molar-refractivity contribution >= 4 is 5.97 Å². The zero-order valence-corrected chi connectivity index (χ0v) is 15.8. The maximum Gasteiger partial charge on any atom is 0.309 e. The number of halogens is 2. The van der Waals surface area contributed by atoms with Crippen LogP contribution in [-0.2, 0) is 9.53 Å². The number of alkyl halides is 2. The average Bonchev–Trinajstić information content (AvgIpc) is 2.62. The Bertz CT molecular complexity index is 505. The summed E-state index contributed by atoms with van der Waals surface area (Å²) in [5.74, 6) is 0.597. The number of hydrogen-bond acceptors (Lipinski definition) is 2. The lowest BCUT2D eigenvalue weighted by atomic mass is 9.65. The zero-order chi connectivity index (χ0) is 19.0. The van der Waals surface area contributed by atoms with E-state index in [0.29, 0.717) is 37.5 Å². The van der Waals surface area contributed by atoms with Crippen molar-refractivity contribution in [1.29, 1.82) is 0 Å². The third-order valence-corrected chi connectivity index (χ3v) is 5.96. The molecule has 1 unspecified atom stereocenters. The van der Waals surface area contributed by atoms with E-state index in [9.17, 15) is 18.7 Å². The Morgan fingerprint density at radius 1 is 1.31 bits per heavy atom. The van der Waals surface area contributed by atoms with Crippen molar-refractivity contribution in [2.75, 3.05) is 6.61 Å². The summed E-state index contributed by atoms with van der Waals surface area (Å²) in [6, 6.07) is 0. The Hall–Kier alpha value is -1.39. The molecule has 2 rings (SSSR count). The molecule has 0 saturated heterocycles. The molecule has 1 atom stereocenters. The standard InChI is InChI=1S/C21H32F2O3/c1-2-3-4-5-14-26-18-8-6-16(7-9-18)17-10-12-21(13-11-17,20(24)25)15-19(22)23/h6,8-9,16-17,19H,2-5,7,10-15H2,1H3,(H,24,25). The van der Waals surface area contributed by atoms with E-state index in [1.165, 1.54) is 19.3 Å². The molecule has 1 saturated carbocycles. The zero-order valence-electron chi connectivity index (χ0n) is 15.8. The molecular weight excluding hydrogens is 338 g/mol. The molecule has 5 heteroatoms. The van der Waals surface area contributed by atoms with Crippen LogP contribution in [0.25, 0.3) is 0 Å². The molecule has 0 aliphatic heterocycles. The van der Waals surface area contributed by atoms with Gasteiger partial charge in [-0.2, -0.15) is 0 Å². The highest BCUT2D eigenvalue weighted by atomic mass is 19.3. The van der Waals surface area contributed by atoms with E-state index in [2.05, 4.69) is 19.1 Å². The molecule has 0 aromatic carbocycles. The van der Waals surface area contributed by atoms with E-state index in [1.807, 2.05) is 6.08 Å². The Morgan fingerprint density at radius 3 is 2.58 bits per heavy atom. The summed E-state index contributed by atoms with van der Waals surface area (Å²) in [4.78, 5) is 11.5. The first kappa shape index (κ1) is 20.9. The van der Waals surface area contributed by atoms with Crippen molar-refractivity contribution < 1.29 is 23.4 Å². The number of carboxylic acid groups (broad SMARTS) is 1. The second-order valence-corrected chi connectivity index (χ2v) is 7.79. The average molecular weight is 370 g/mol. The molecule has 1 fully saturated rings. The van der Waals surface area contributed by atoms with Crippen LogP contribution in [0.4, 0.5) is 8.78 Å². The van der Waals surface area contributed by atoms with Crippen molar-refractivity contribution in [3.05, 3.63) is 24.0 Å². The first-order valence-electron chi connectivity index (χ1n) is 9.99. The molecule has 3 nitrogen and oxygen atoms in total. The van der Waals surface area contributed by atoms with Crippen LogP contribution in [0.15, 0.2) is 24.0 Å². The van der Waals surface area contributed by atoms with Gasteiger partial charge in [0.15, 0.2) is 0 Å². The molecule has 1 N–H and O–H groups in total. The summed E-state index contributed by atoms with van der Waals surface area (Å²) < 4.78 is 31.4. The molecular formula is C21H32F2O3. The lowest BCUT2D eigenvalue weighted by molar-refractivity contribution is -0.155. The van der Waals surface area contributed by atoms with Gasteiger partial charge >= 0.3 is 5.97 Å². The van der Waals surface area contributed by atoms with Gasteiger partial charge in [0.25, 0.3) is 0 Å². The summed E-state index contributed by atoms with van der Waals surface area (Å²) in [7, 11) is 0. The molecule has 0 aromatic rings. The summed E-state index contributed by atoms with van der Waals surface area (Å²) in [5.41, 5.74) is -1.23. The number of unbranched alkanes of at least 4 members (excludes halogenated alkanes) is 3. The largest absolute Gasteiger partial charge is 0.494 e. The monoisotopic (exact) mass is 370 g/mol. The Morgan fingerprint density at radius 2 is 2.04 bits per heavy atom. The molecule has 0 aromatic heterocycles. The SMILES string of the molecule is CCCCCCOC1=CCC(C2CCC(CC(F)F)(C(=O)O)CC2)C=C1. The van der Waals surface area contributed by atoms with Crippen LogP contribution in [0.1, 0.15) is 71.1 Å². The lowest BCUT2D eigenvalue weighted by Gasteiger charge is -2.39. The fourth-order valence-electron chi connectivity index (χ4n) is 4.21. The van der Waals surface area contributed by atoms with Crippen LogP contribution in [-0.4, -0.2) is 24.1 Å². The van der Waals surface area contributed by atoms with E-state index >= 15 is 0 Å². The number of carboxylic acids is 1. The van der Waals surface area contributed by atoms with Crippen molar-refractivity contribution in [2.24, 2.45) is 17.3 Å². The fourth-order valence-corrected chi connectivity index (χ4v) is 4.21. The van der Waals surface area contributed by atoms with Crippen LogP contribution in [0.3, 0.4) is 0 Å². The number of rotatable bonds is 10. The van der Waals surface area contributed by atoms with Crippen molar-refractivity contribution in [3.63, 3.8) is 0 Å². The maximum atomic E-state index is 12.8. The number of ether oxygens (including phenoxy) is 1. The molecule has 0 bridgehead atoms. The first-order valence-corrected chi connectivity index (χ1v) is 9.99. The normalized spacial score (nSPS) is 28.8. The molecule has 0 heterocycles. The quantitative estimate of drug-likeness (QED) is 0.483. The first-order chi connectivity index (χ1) is 12.5. The predicted octanol–water partition coefficient (Wildman–Crippen LogP) is 5.96. The van der Waals surface area contributed by atoms with E-state index in [4.69, 9.17) is 4.74 Å². The molecule has 0 spiro atoms. The minimum absolute atomic E-state index is 0.353. The predicted molar refractivity (Wildman–Crippen MR) is 98.1 cm³/mol. The van der Waals surface area contributed by atoms with Gasteiger partial charge in [0.1, 0.15) is 5.76 Å². The van der Waals surface area contributed by atoms with Crippen molar-refractivity contribution in [2.45, 2.75) is 77.6 Å². The number of allylic oxidation sites excluding steroid dienone is 3. The Kier molecular flexibility index (Phi) is 8.11. The fraction of sp³-hybridized carbons (Fsp3) is 0.762. The number of hydrogen-bond donors (Lipinski definition) is 1. The number of aliphatic carboxylic acids is 1. The van der Waals surface area contributed by atoms with Crippen molar-refractivity contribution in [3.8, 4) is 0 Å². The van der Waals surface area contributed by atoms with Gasteiger partial charge in [0.05, 0.1) is 12.0 Å². The van der Waals surface area contributed by atoms with Gasteiger partial charge in [-0.25, -0.2) is 8.78 Å². The minimum atomic E-state index is -2.56. The summed E-state index contributed by atoms with van der Waals surface area (Å²) in [5, 5.41) is 9.43. The highest BCUT2D eigenvalue weighted by Gasteiger charge is 2.44. The molecule has 148 valence electrons. The number of carbonyl (C=O) groups is 1. The van der Waals surface area contributed by atoms with Gasteiger partial charge in [-0.1, -0.05) is 32.3 Å². The van der Waals surface area contributed by atoms with E-state index < -0.39 is 24.2 Å². The van der Waals surface area contributed by atoms with Crippen LogP contribution in [0.5, 0.6) is 0 Å². The van der Waals surface area contributed by atoms with Gasteiger partial charge in [-0.05, 0) is 62.5 Å². The van der Waals surface area contributed by atoms with E-state index in [1.54, 1.807) is 0 Å². The highest BCUT2D eigenvalue weighted by molar-refractivity contribution is 5.74. The van der Waals surface area contributed by atoms with Crippen LogP contribution < -0.4 is 0 Å². The Balaban J connectivity index is 1.77. The molecule has 26 heavy (non-hydrogen) atoms. The van der Waals surface area contributed by atoms with Gasteiger partial charge in [-0.3, -0.25) is 4.79 Å². The molecule has 2 aliphatic rings. The summed E-state index contributed by atoms with van der Waals surface area (Å²) in [6.45, 7) is 2.94. The van der Waals surface area contributed by atoms with Gasteiger partial charge < -0.3 is 9.84 Å². The van der Waals surface area contributed by atoms with Crippen LogP contribution >= 0.6 is 0 Å². The topological polar surface area (TPSA) is 46.5 Å². The van der Waals surface area contributed by atoms with Gasteiger partial charge in [0, 0.05) is 6.42 Å². The minimum Gasteiger partial charge on any atom is -0.494 e. The third kappa shape index (κ3) is 5.82. The third-order valence-electron chi connectivity index (χ3n) is 5.96. The molecule has 0 amide bonds. The molecule has 2 aliphatic carbocycles. The second-order valence-electron chi connectivity index (χ2n) is 7.79. The maximum absolute atomic E-state index is 12.8. The van der Waals surface area contributed by atoms with Crippen molar-refractivity contribution in [1.82, 2.24) is 0 Å². The van der Waals surface area contributed by atoms with Crippen LogP contribution in [0, 0.1) is 17.3 Å². The van der Waals surface area contributed by atoms with E-state index in [0.717, 1.165) is 25.2 Å². The van der Waals surface area contributed by atoms with Crippen LogP contribution in [0.2, 0.25) is 0 Å². The highest BCUT2D eigenvalue weighted by Crippen LogP contribution is 2.46. The van der Waals surface area contributed by atoms with Gasteiger partial charge in [-0.15, -0.1) is 0 Å². The summed E-state index contributed by atoms with van der Waals surface area (Å²) >= 11 is 0. The Labute approximate surface area is 155 Å². The molecule has 0 radical (unpaired) electrons. The smallest absolute Gasteiger partial charge is 0.309 e. The second kappa shape index (κ2) is 10.1.